The van der Waals surface area contributed by atoms with Gasteiger partial charge >= 0.3 is 0 Å². The van der Waals surface area contributed by atoms with Gasteiger partial charge < -0.3 is 15.2 Å². The number of ether oxygens (including phenoxy) is 2. The molecule has 6 heteroatoms. The monoisotopic (exact) mass is 292 g/mol. The van der Waals surface area contributed by atoms with Crippen molar-refractivity contribution in [1.29, 1.82) is 0 Å². The Morgan fingerprint density at radius 2 is 1.85 bits per heavy atom. The van der Waals surface area contributed by atoms with Crippen LogP contribution in [-0.2, 0) is 9.47 Å². The van der Waals surface area contributed by atoms with E-state index in [0.29, 0.717) is 25.4 Å². The number of rotatable bonds is 4. The van der Waals surface area contributed by atoms with Gasteiger partial charge in [0.2, 0.25) is 0 Å². The van der Waals surface area contributed by atoms with E-state index in [2.05, 4.69) is 18.7 Å². The first kappa shape index (κ1) is 16.1. The Bertz CT molecular complexity index is 328. The highest BCUT2D eigenvalue weighted by Crippen LogP contribution is 2.35. The predicted molar refractivity (Wildman–Crippen MR) is 72.9 cm³/mol. The first-order valence-electron chi connectivity index (χ1n) is 7.41. The number of hydrogen-bond acceptors (Lipinski definition) is 4. The third kappa shape index (κ3) is 3.30. The van der Waals surface area contributed by atoms with Crippen molar-refractivity contribution in [3.8, 4) is 0 Å². The number of hydrogen-bond donors (Lipinski definition) is 1. The molecule has 2 aliphatic rings. The summed E-state index contributed by atoms with van der Waals surface area (Å²) in [5.74, 6) is -2.82. The van der Waals surface area contributed by atoms with E-state index in [1.54, 1.807) is 7.11 Å². The lowest BCUT2D eigenvalue weighted by Gasteiger charge is -2.37. The minimum absolute atomic E-state index is 0.0693. The van der Waals surface area contributed by atoms with Gasteiger partial charge in [0.25, 0.3) is 5.92 Å². The average Bonchev–Trinajstić information content (AvgIpc) is 2.78. The van der Waals surface area contributed by atoms with Crippen molar-refractivity contribution in [2.45, 2.75) is 69.4 Å². The summed E-state index contributed by atoms with van der Waals surface area (Å²) < 4.78 is 38.7. The standard InChI is InChI=1S/C14H26F2N2O2/c1-9(2)18-7-11(19-3)12(8-18)20-10-5-4-6-14(15,16)13(10)17/h9-13H,4-8,17H2,1-3H3/t10-,11+,12+,13+/m0/s1. The fourth-order valence-electron chi connectivity index (χ4n) is 3.08. The lowest BCUT2D eigenvalue weighted by molar-refractivity contribution is -0.145. The molecule has 1 heterocycles. The number of methoxy groups -OCH3 is 1. The van der Waals surface area contributed by atoms with E-state index in [0.717, 1.165) is 6.54 Å². The second-order valence-corrected chi connectivity index (χ2v) is 6.21. The van der Waals surface area contributed by atoms with Gasteiger partial charge in [0, 0.05) is 32.7 Å². The SMILES string of the molecule is CO[C@@H]1CN(C(C)C)C[C@H]1O[C@H]1CCCC(F)(F)[C@@H]1N. The van der Waals surface area contributed by atoms with Gasteiger partial charge in [0.15, 0.2) is 0 Å². The smallest absolute Gasteiger partial charge is 0.265 e. The van der Waals surface area contributed by atoms with Crippen LogP contribution in [0.25, 0.3) is 0 Å². The van der Waals surface area contributed by atoms with Crippen molar-refractivity contribution in [2.75, 3.05) is 20.2 Å². The van der Waals surface area contributed by atoms with Crippen LogP contribution in [0, 0.1) is 0 Å². The zero-order chi connectivity index (χ0) is 14.9. The molecule has 0 spiro atoms. The fourth-order valence-corrected chi connectivity index (χ4v) is 3.08. The summed E-state index contributed by atoms with van der Waals surface area (Å²) >= 11 is 0. The van der Waals surface area contributed by atoms with Gasteiger partial charge in [-0.3, -0.25) is 4.90 Å². The van der Waals surface area contributed by atoms with Crippen molar-refractivity contribution < 1.29 is 18.3 Å². The Morgan fingerprint density at radius 3 is 2.45 bits per heavy atom. The van der Waals surface area contributed by atoms with E-state index in [9.17, 15) is 8.78 Å². The summed E-state index contributed by atoms with van der Waals surface area (Å²) in [6, 6.07) is -0.815. The van der Waals surface area contributed by atoms with Gasteiger partial charge in [-0.25, -0.2) is 8.78 Å². The summed E-state index contributed by atoms with van der Waals surface area (Å²) in [7, 11) is 1.64. The number of nitrogens with zero attached hydrogens (tertiary/aromatic N) is 1. The molecule has 4 nitrogen and oxygen atoms in total. The van der Waals surface area contributed by atoms with Crippen LogP contribution < -0.4 is 5.73 Å². The van der Waals surface area contributed by atoms with Crippen LogP contribution in [0.4, 0.5) is 8.78 Å². The van der Waals surface area contributed by atoms with Gasteiger partial charge in [-0.2, -0.15) is 0 Å². The molecule has 1 saturated heterocycles. The Kier molecular flexibility index (Phi) is 5.00. The van der Waals surface area contributed by atoms with Crippen LogP contribution in [0.2, 0.25) is 0 Å². The quantitative estimate of drug-likeness (QED) is 0.855. The molecule has 0 aromatic heterocycles. The molecule has 0 unspecified atom stereocenters. The Balaban J connectivity index is 1.98. The Labute approximate surface area is 119 Å². The highest BCUT2D eigenvalue weighted by molar-refractivity contribution is 4.95. The first-order valence-corrected chi connectivity index (χ1v) is 7.41. The van der Waals surface area contributed by atoms with Crippen LogP contribution in [-0.4, -0.2) is 61.4 Å². The van der Waals surface area contributed by atoms with Crippen LogP contribution in [0.5, 0.6) is 0 Å². The summed E-state index contributed by atoms with van der Waals surface area (Å²) in [5.41, 5.74) is 5.69. The van der Waals surface area contributed by atoms with E-state index in [-0.39, 0.29) is 18.6 Å². The largest absolute Gasteiger partial charge is 0.377 e. The summed E-state index contributed by atoms with van der Waals surface area (Å²) in [6.07, 6.45) is 0.112. The maximum atomic E-state index is 13.7. The molecule has 2 rings (SSSR count). The molecule has 1 saturated carbocycles. The molecule has 0 bridgehead atoms. The number of halogens is 2. The number of nitrogens with two attached hydrogens (primary N) is 1. The van der Waals surface area contributed by atoms with E-state index in [1.165, 1.54) is 0 Å². The minimum atomic E-state index is -2.82. The Hall–Kier alpha value is -0.300. The second kappa shape index (κ2) is 6.22. The van der Waals surface area contributed by atoms with Crippen molar-refractivity contribution >= 4 is 0 Å². The molecule has 0 radical (unpaired) electrons. The number of likely N-dealkylation sites (tertiary alicyclic amines) is 1. The highest BCUT2D eigenvalue weighted by Gasteiger charge is 2.47. The Morgan fingerprint density at radius 1 is 1.20 bits per heavy atom. The lowest BCUT2D eigenvalue weighted by Crippen LogP contribution is -2.55. The first-order chi connectivity index (χ1) is 9.35. The van der Waals surface area contributed by atoms with Crippen molar-refractivity contribution in [3.05, 3.63) is 0 Å². The molecular formula is C14H26F2N2O2. The molecule has 1 aliphatic heterocycles. The molecule has 2 fully saturated rings. The average molecular weight is 292 g/mol. The molecular weight excluding hydrogens is 266 g/mol. The topological polar surface area (TPSA) is 47.7 Å². The molecule has 2 N–H and O–H groups in total. The lowest BCUT2D eigenvalue weighted by atomic mass is 9.89. The summed E-state index contributed by atoms with van der Waals surface area (Å²) in [4.78, 5) is 2.24. The van der Waals surface area contributed by atoms with E-state index >= 15 is 0 Å². The van der Waals surface area contributed by atoms with Gasteiger partial charge in [0.05, 0.1) is 24.4 Å². The third-order valence-corrected chi connectivity index (χ3v) is 4.51. The summed E-state index contributed by atoms with van der Waals surface area (Å²) in [6.45, 7) is 5.70. The molecule has 20 heavy (non-hydrogen) atoms. The van der Waals surface area contributed by atoms with Crippen LogP contribution in [0.15, 0.2) is 0 Å². The predicted octanol–water partition coefficient (Wildman–Crippen LogP) is 1.63. The van der Waals surface area contributed by atoms with Gasteiger partial charge in [-0.15, -0.1) is 0 Å². The highest BCUT2D eigenvalue weighted by atomic mass is 19.3. The molecule has 0 aromatic rings. The molecule has 1 aliphatic carbocycles. The third-order valence-electron chi connectivity index (χ3n) is 4.51. The second-order valence-electron chi connectivity index (χ2n) is 6.21. The van der Waals surface area contributed by atoms with Gasteiger partial charge in [-0.05, 0) is 26.7 Å². The van der Waals surface area contributed by atoms with E-state index in [4.69, 9.17) is 15.2 Å². The van der Waals surface area contributed by atoms with Gasteiger partial charge in [-0.1, -0.05) is 0 Å². The van der Waals surface area contributed by atoms with Crippen LogP contribution in [0.3, 0.4) is 0 Å². The summed E-state index contributed by atoms with van der Waals surface area (Å²) in [5, 5.41) is 0. The molecule has 0 aromatic carbocycles. The normalized spacial score (nSPS) is 38.5. The fraction of sp³-hybridized carbons (Fsp3) is 1.00. The maximum Gasteiger partial charge on any atom is 0.265 e. The molecule has 4 atom stereocenters. The maximum absolute atomic E-state index is 13.7. The van der Waals surface area contributed by atoms with Gasteiger partial charge in [0.1, 0.15) is 0 Å². The molecule has 0 amide bonds. The van der Waals surface area contributed by atoms with Crippen molar-refractivity contribution in [3.63, 3.8) is 0 Å². The van der Waals surface area contributed by atoms with E-state index in [1.807, 2.05) is 0 Å². The van der Waals surface area contributed by atoms with Crippen molar-refractivity contribution in [1.82, 2.24) is 4.90 Å². The number of alkyl halides is 2. The van der Waals surface area contributed by atoms with E-state index < -0.39 is 18.1 Å². The van der Waals surface area contributed by atoms with Crippen molar-refractivity contribution in [2.24, 2.45) is 5.73 Å². The minimum Gasteiger partial charge on any atom is -0.377 e. The zero-order valence-electron chi connectivity index (χ0n) is 12.5. The van der Waals surface area contributed by atoms with Crippen LogP contribution in [0.1, 0.15) is 33.1 Å². The molecule has 118 valence electrons. The zero-order valence-corrected chi connectivity index (χ0v) is 12.5. The van der Waals surface area contributed by atoms with Crippen LogP contribution >= 0.6 is 0 Å².